The quantitative estimate of drug-likeness (QED) is 0.314. The van der Waals surface area contributed by atoms with Gasteiger partial charge < -0.3 is 24.0 Å². The number of rotatable bonds is 10. The first-order valence-corrected chi connectivity index (χ1v) is 18.8. The summed E-state index contributed by atoms with van der Waals surface area (Å²) < 4.78 is 8.12. The van der Waals surface area contributed by atoms with Crippen molar-refractivity contribution in [2.24, 2.45) is 5.92 Å². The Bertz CT molecular complexity index is 1200. The van der Waals surface area contributed by atoms with Gasteiger partial charge in [-0.25, -0.2) is 4.98 Å². The summed E-state index contributed by atoms with van der Waals surface area (Å²) in [6, 6.07) is 5.96. The summed E-state index contributed by atoms with van der Waals surface area (Å²) in [6.07, 6.45) is 9.22. The summed E-state index contributed by atoms with van der Waals surface area (Å²) >= 11 is 0. The molecule has 0 spiro atoms. The number of ether oxygens (including phenoxy) is 1. The zero-order valence-electron chi connectivity index (χ0n) is 24.9. The molecule has 2 aromatic rings. The lowest BCUT2D eigenvalue weighted by Gasteiger charge is -2.44. The summed E-state index contributed by atoms with van der Waals surface area (Å²) in [5, 5.41) is 9.92. The number of nitrogens with zero attached hydrogens (tertiary/aromatic N) is 7. The van der Waals surface area contributed by atoms with E-state index in [4.69, 9.17) is 15.0 Å². The topological polar surface area (TPSA) is 80.9 Å². The number of amides is 1. The average molecular weight is 566 g/mol. The molecule has 2 aliphatic heterocycles. The maximum absolute atomic E-state index is 13.2. The molecule has 0 aromatic carbocycles. The molecule has 0 unspecified atom stereocenters. The Hall–Kier alpha value is -2.45. The Balaban J connectivity index is 1.23. The highest BCUT2D eigenvalue weighted by molar-refractivity contribution is 6.76. The van der Waals surface area contributed by atoms with Gasteiger partial charge in [0.25, 0.3) is 5.91 Å². The molecule has 5 rings (SSSR count). The molecule has 0 radical (unpaired) electrons. The molecule has 0 bridgehead atoms. The van der Waals surface area contributed by atoms with Crippen molar-refractivity contribution in [2.75, 3.05) is 64.5 Å². The number of carbonyl (C=O) groups excluding carboxylic acids is 1. The van der Waals surface area contributed by atoms with Gasteiger partial charge in [-0.05, 0) is 43.7 Å². The van der Waals surface area contributed by atoms with E-state index in [0.29, 0.717) is 25.9 Å². The lowest BCUT2D eigenvalue weighted by Crippen LogP contribution is -2.51. The van der Waals surface area contributed by atoms with Crippen molar-refractivity contribution in [1.82, 2.24) is 24.3 Å². The van der Waals surface area contributed by atoms with Gasteiger partial charge in [-0.2, -0.15) is 5.26 Å². The van der Waals surface area contributed by atoms with Crippen LogP contribution in [0.4, 0.5) is 5.69 Å². The molecule has 1 aliphatic carbocycles. The number of piperazine rings is 1. The van der Waals surface area contributed by atoms with Crippen LogP contribution >= 0.6 is 0 Å². The Morgan fingerprint density at radius 1 is 1.10 bits per heavy atom. The minimum absolute atomic E-state index is 0.0578. The van der Waals surface area contributed by atoms with E-state index in [0.717, 1.165) is 86.4 Å². The zero-order chi connectivity index (χ0) is 28.3. The van der Waals surface area contributed by atoms with Crippen LogP contribution < -0.4 is 4.90 Å². The van der Waals surface area contributed by atoms with Crippen molar-refractivity contribution in [2.45, 2.75) is 70.6 Å². The van der Waals surface area contributed by atoms with Gasteiger partial charge >= 0.3 is 0 Å². The maximum Gasteiger partial charge on any atom is 0.258 e. The van der Waals surface area contributed by atoms with Gasteiger partial charge in [0, 0.05) is 91.2 Å². The molecule has 218 valence electrons. The number of anilines is 1. The van der Waals surface area contributed by atoms with Crippen LogP contribution in [-0.4, -0.2) is 104 Å². The molecule has 0 atom stereocenters. The van der Waals surface area contributed by atoms with Crippen LogP contribution in [0.25, 0.3) is 11.0 Å². The number of nitriles is 1. The predicted octanol–water partition coefficient (Wildman–Crippen LogP) is 4.29. The third-order valence-electron chi connectivity index (χ3n) is 8.99. The average Bonchev–Trinajstić information content (AvgIpc) is 3.35. The molecule has 4 heterocycles. The molecule has 1 saturated heterocycles. The summed E-state index contributed by atoms with van der Waals surface area (Å²) in [7, 11) is 0.771. The minimum atomic E-state index is -1.13. The van der Waals surface area contributed by atoms with Gasteiger partial charge in [-0.15, -0.1) is 0 Å². The van der Waals surface area contributed by atoms with E-state index in [9.17, 15) is 4.79 Å². The summed E-state index contributed by atoms with van der Waals surface area (Å²) in [5.41, 5.74) is 2.68. The fourth-order valence-electron chi connectivity index (χ4n) is 6.51. The number of hydrogen-bond donors (Lipinski definition) is 0. The normalized spacial score (nSPS) is 23.0. The van der Waals surface area contributed by atoms with Crippen LogP contribution in [0.15, 0.2) is 18.5 Å². The Kier molecular flexibility index (Phi) is 9.15. The Morgan fingerprint density at radius 3 is 2.52 bits per heavy atom. The number of hydrogen-bond acceptors (Lipinski definition) is 7. The molecule has 9 nitrogen and oxygen atoms in total. The van der Waals surface area contributed by atoms with Gasteiger partial charge in [0.05, 0.1) is 24.0 Å². The van der Waals surface area contributed by atoms with Crippen molar-refractivity contribution in [3.05, 3.63) is 24.0 Å². The van der Waals surface area contributed by atoms with Crippen molar-refractivity contribution in [3.63, 3.8) is 0 Å². The lowest BCUT2D eigenvalue weighted by atomic mass is 9.84. The van der Waals surface area contributed by atoms with E-state index in [1.807, 2.05) is 11.9 Å². The van der Waals surface area contributed by atoms with Crippen molar-refractivity contribution < 1.29 is 9.53 Å². The molecular weight excluding hydrogens is 518 g/mol. The first kappa shape index (κ1) is 29.1. The largest absolute Gasteiger partial charge is 0.361 e. The Labute approximate surface area is 240 Å². The SMILES string of the molecule is CN1CN(C2CCC(CN3CCN(CCC#N)CC3)CC2)c2c(cnc3c2ccn3COCC[Si](C)(C)C)C1=O. The highest BCUT2D eigenvalue weighted by atomic mass is 28.3. The van der Waals surface area contributed by atoms with Crippen molar-refractivity contribution in [1.29, 1.82) is 5.26 Å². The molecular formula is C30H47N7O2Si. The van der Waals surface area contributed by atoms with E-state index in [1.165, 1.54) is 19.4 Å². The second kappa shape index (κ2) is 12.6. The molecule has 1 amide bonds. The number of carbonyl (C=O) groups is 1. The third kappa shape index (κ3) is 6.70. The van der Waals surface area contributed by atoms with E-state index < -0.39 is 8.07 Å². The fourth-order valence-corrected chi connectivity index (χ4v) is 7.27. The molecule has 10 heteroatoms. The number of fused-ring (bicyclic) bond motifs is 3. The van der Waals surface area contributed by atoms with Crippen LogP contribution in [0.3, 0.4) is 0 Å². The van der Waals surface area contributed by atoms with Crippen molar-refractivity contribution in [3.8, 4) is 6.07 Å². The highest BCUT2D eigenvalue weighted by Crippen LogP contribution is 2.39. The van der Waals surface area contributed by atoms with Crippen LogP contribution in [0.2, 0.25) is 25.7 Å². The van der Waals surface area contributed by atoms with Crippen LogP contribution in [0.1, 0.15) is 42.5 Å². The van der Waals surface area contributed by atoms with Crippen LogP contribution in [-0.2, 0) is 11.5 Å². The summed E-state index contributed by atoms with van der Waals surface area (Å²) in [4.78, 5) is 27.3. The maximum atomic E-state index is 13.2. The Morgan fingerprint density at radius 2 is 1.82 bits per heavy atom. The second-order valence-corrected chi connectivity index (χ2v) is 18.9. The number of pyridine rings is 1. The summed E-state index contributed by atoms with van der Waals surface area (Å²) in [6.45, 7) is 15.5. The van der Waals surface area contributed by atoms with Gasteiger partial charge in [-0.1, -0.05) is 19.6 Å². The minimum Gasteiger partial charge on any atom is -0.361 e. The van der Waals surface area contributed by atoms with E-state index in [2.05, 4.69) is 57.2 Å². The highest BCUT2D eigenvalue weighted by Gasteiger charge is 2.36. The zero-order valence-corrected chi connectivity index (χ0v) is 25.9. The van der Waals surface area contributed by atoms with Crippen LogP contribution in [0, 0.1) is 17.2 Å². The van der Waals surface area contributed by atoms with Gasteiger partial charge in [0.15, 0.2) is 0 Å². The first-order valence-electron chi connectivity index (χ1n) is 15.1. The van der Waals surface area contributed by atoms with E-state index in [1.54, 1.807) is 6.20 Å². The van der Waals surface area contributed by atoms with Crippen LogP contribution in [0.5, 0.6) is 0 Å². The molecule has 2 aromatic heterocycles. The monoisotopic (exact) mass is 565 g/mol. The molecule has 3 aliphatic rings. The van der Waals surface area contributed by atoms with E-state index in [-0.39, 0.29) is 5.91 Å². The predicted molar refractivity (Wildman–Crippen MR) is 162 cm³/mol. The standard InChI is InChI=1S/C30H47N7O2Si/c1-33-22-37(25-8-6-24(7-9-25)21-35-16-14-34(15-17-35)12-5-11-31)28-26-10-13-36(23-39-18-19-40(2,3)4)29(26)32-20-27(28)30(33)38/h10,13,20,24-25H,5-9,12,14-19,21-23H2,1-4H3. The molecule has 2 fully saturated rings. The smallest absolute Gasteiger partial charge is 0.258 e. The van der Waals surface area contributed by atoms with Gasteiger partial charge in [-0.3, -0.25) is 9.69 Å². The second-order valence-electron chi connectivity index (χ2n) is 13.2. The fraction of sp³-hybridized carbons (Fsp3) is 0.700. The lowest BCUT2D eigenvalue weighted by molar-refractivity contribution is 0.0771. The van der Waals surface area contributed by atoms with Gasteiger partial charge in [0.2, 0.25) is 0 Å². The number of aromatic nitrogens is 2. The third-order valence-corrected chi connectivity index (χ3v) is 10.7. The first-order chi connectivity index (χ1) is 19.2. The van der Waals surface area contributed by atoms with Gasteiger partial charge in [0.1, 0.15) is 12.4 Å². The molecule has 0 N–H and O–H groups in total. The summed E-state index contributed by atoms with van der Waals surface area (Å²) in [5.74, 6) is 0.791. The molecule has 40 heavy (non-hydrogen) atoms. The van der Waals surface area contributed by atoms with Crippen molar-refractivity contribution >= 4 is 30.7 Å². The van der Waals surface area contributed by atoms with E-state index >= 15 is 0 Å². The molecule has 1 saturated carbocycles.